The molecule has 0 bridgehead atoms. The Balaban J connectivity index is 2.30. The molecule has 100 valence electrons. The fourth-order valence-corrected chi connectivity index (χ4v) is 2.25. The van der Waals surface area contributed by atoms with E-state index in [0.29, 0.717) is 5.02 Å². The predicted molar refractivity (Wildman–Crippen MR) is 77.3 cm³/mol. The van der Waals surface area contributed by atoms with E-state index < -0.39 is 12.2 Å². The van der Waals surface area contributed by atoms with E-state index in [9.17, 15) is 5.11 Å². The average molecular weight is 277 g/mol. The van der Waals surface area contributed by atoms with Crippen LogP contribution in [0.1, 0.15) is 28.9 Å². The molecule has 2 nitrogen and oxygen atoms in total. The molecule has 0 radical (unpaired) electrons. The first-order valence-electron chi connectivity index (χ1n) is 6.15. The van der Waals surface area contributed by atoms with Gasteiger partial charge in [0, 0.05) is 12.1 Å². The molecule has 3 heteroatoms. The lowest BCUT2D eigenvalue weighted by molar-refractivity contribution is -0.0149. The molecule has 0 aliphatic carbocycles. The molecule has 0 fully saturated rings. The van der Waals surface area contributed by atoms with E-state index in [1.54, 1.807) is 13.2 Å². The zero-order valence-electron chi connectivity index (χ0n) is 11.0. The summed E-state index contributed by atoms with van der Waals surface area (Å²) < 4.78 is 5.43. The number of halogens is 1. The van der Waals surface area contributed by atoms with Gasteiger partial charge in [-0.1, -0.05) is 54.1 Å². The van der Waals surface area contributed by atoms with Crippen molar-refractivity contribution in [2.24, 2.45) is 0 Å². The van der Waals surface area contributed by atoms with Crippen LogP contribution in [-0.2, 0) is 4.74 Å². The fourth-order valence-electron chi connectivity index (χ4n) is 2.06. The van der Waals surface area contributed by atoms with Crippen LogP contribution in [0.15, 0.2) is 48.5 Å². The molecule has 0 saturated carbocycles. The van der Waals surface area contributed by atoms with E-state index in [1.165, 1.54) is 0 Å². The first-order valence-corrected chi connectivity index (χ1v) is 6.53. The molecule has 2 unspecified atom stereocenters. The van der Waals surface area contributed by atoms with Gasteiger partial charge < -0.3 is 9.84 Å². The lowest BCUT2D eigenvalue weighted by Gasteiger charge is -2.22. The molecule has 0 amide bonds. The average Bonchev–Trinajstić information content (AvgIpc) is 2.44. The topological polar surface area (TPSA) is 29.5 Å². The van der Waals surface area contributed by atoms with Crippen molar-refractivity contribution in [1.29, 1.82) is 0 Å². The van der Waals surface area contributed by atoms with Crippen molar-refractivity contribution in [2.45, 2.75) is 19.1 Å². The van der Waals surface area contributed by atoms with Crippen molar-refractivity contribution < 1.29 is 9.84 Å². The highest BCUT2D eigenvalue weighted by Crippen LogP contribution is 2.33. The molecule has 2 atom stereocenters. The molecular weight excluding hydrogens is 260 g/mol. The van der Waals surface area contributed by atoms with E-state index in [1.807, 2.05) is 49.4 Å². The Bertz CT molecular complexity index is 540. The summed E-state index contributed by atoms with van der Waals surface area (Å²) in [5, 5.41) is 11.1. The molecular formula is C16H17ClO2. The maximum absolute atomic E-state index is 10.5. The number of methoxy groups -OCH3 is 1. The van der Waals surface area contributed by atoms with Crippen LogP contribution >= 0.6 is 11.6 Å². The van der Waals surface area contributed by atoms with Gasteiger partial charge in [-0.15, -0.1) is 0 Å². The minimum atomic E-state index is -0.745. The lowest BCUT2D eigenvalue weighted by Crippen LogP contribution is -2.13. The largest absolute Gasteiger partial charge is 0.385 e. The van der Waals surface area contributed by atoms with E-state index >= 15 is 0 Å². The van der Waals surface area contributed by atoms with E-state index in [4.69, 9.17) is 16.3 Å². The van der Waals surface area contributed by atoms with Crippen LogP contribution in [0.3, 0.4) is 0 Å². The molecule has 2 aromatic rings. The molecule has 2 rings (SSSR count). The number of hydrogen-bond donors (Lipinski definition) is 1. The van der Waals surface area contributed by atoms with Crippen LogP contribution in [-0.4, -0.2) is 12.2 Å². The second-order valence-electron chi connectivity index (χ2n) is 4.52. The first kappa shape index (κ1) is 14.1. The van der Waals surface area contributed by atoms with Crippen molar-refractivity contribution >= 4 is 11.6 Å². The van der Waals surface area contributed by atoms with Crippen LogP contribution in [0.5, 0.6) is 0 Å². The number of aliphatic hydroxyl groups is 1. The molecule has 1 N–H and O–H groups in total. The molecule has 0 aliphatic rings. The van der Waals surface area contributed by atoms with Gasteiger partial charge in [-0.05, 0) is 29.7 Å². The summed E-state index contributed by atoms with van der Waals surface area (Å²) in [5.74, 6) is 0. The third-order valence-corrected chi connectivity index (χ3v) is 3.61. The zero-order valence-corrected chi connectivity index (χ0v) is 11.8. The predicted octanol–water partition coefficient (Wildman–Crippen LogP) is 4.07. The third-order valence-electron chi connectivity index (χ3n) is 3.21. The fraction of sp³-hybridized carbons (Fsp3) is 0.250. The molecule has 19 heavy (non-hydrogen) atoms. The monoisotopic (exact) mass is 276 g/mol. The molecule has 0 aliphatic heterocycles. The van der Waals surface area contributed by atoms with Gasteiger partial charge in [0.1, 0.15) is 12.2 Å². The molecule has 2 aromatic carbocycles. The number of benzene rings is 2. The highest BCUT2D eigenvalue weighted by atomic mass is 35.5. The molecule has 0 spiro atoms. The van der Waals surface area contributed by atoms with Gasteiger partial charge in [-0.25, -0.2) is 0 Å². The van der Waals surface area contributed by atoms with Crippen molar-refractivity contribution in [3.05, 3.63) is 70.2 Å². The summed E-state index contributed by atoms with van der Waals surface area (Å²) in [5.41, 5.74) is 2.69. The van der Waals surface area contributed by atoms with Crippen LogP contribution < -0.4 is 0 Å². The highest BCUT2D eigenvalue weighted by molar-refractivity contribution is 6.31. The summed E-state index contributed by atoms with van der Waals surface area (Å²) in [6, 6.07) is 15.2. The van der Waals surface area contributed by atoms with Gasteiger partial charge in [-0.2, -0.15) is 0 Å². The highest BCUT2D eigenvalue weighted by Gasteiger charge is 2.22. The standard InChI is InChI=1S/C16H17ClO2/c1-11-8-9-13(10-14(11)17)15(18)16(19-2)12-6-4-3-5-7-12/h3-10,15-16,18H,1-2H3. The Hall–Kier alpha value is -1.35. The maximum Gasteiger partial charge on any atom is 0.112 e. The normalized spacial score (nSPS) is 14.1. The van der Waals surface area contributed by atoms with Crippen LogP contribution in [0, 0.1) is 6.92 Å². The minimum Gasteiger partial charge on any atom is -0.385 e. The van der Waals surface area contributed by atoms with Gasteiger partial charge in [0.05, 0.1) is 0 Å². The Labute approximate surface area is 118 Å². The number of aliphatic hydroxyl groups excluding tert-OH is 1. The number of rotatable bonds is 4. The second kappa shape index (κ2) is 6.20. The van der Waals surface area contributed by atoms with Crippen molar-refractivity contribution in [3.63, 3.8) is 0 Å². The molecule has 0 aromatic heterocycles. The zero-order chi connectivity index (χ0) is 13.8. The van der Waals surface area contributed by atoms with Gasteiger partial charge in [0.15, 0.2) is 0 Å². The van der Waals surface area contributed by atoms with E-state index in [-0.39, 0.29) is 0 Å². The first-order chi connectivity index (χ1) is 9.13. The van der Waals surface area contributed by atoms with Gasteiger partial charge >= 0.3 is 0 Å². The van der Waals surface area contributed by atoms with Crippen LogP contribution in [0.25, 0.3) is 0 Å². The van der Waals surface area contributed by atoms with E-state index in [2.05, 4.69) is 0 Å². The Morgan fingerprint density at radius 2 is 1.74 bits per heavy atom. The number of ether oxygens (including phenoxy) is 1. The summed E-state index contributed by atoms with van der Waals surface area (Å²) in [4.78, 5) is 0. The Kier molecular flexibility index (Phi) is 4.59. The Morgan fingerprint density at radius 1 is 1.05 bits per heavy atom. The number of aryl methyl sites for hydroxylation is 1. The smallest absolute Gasteiger partial charge is 0.112 e. The molecule has 0 saturated heterocycles. The van der Waals surface area contributed by atoms with Crippen molar-refractivity contribution in [3.8, 4) is 0 Å². The van der Waals surface area contributed by atoms with Crippen molar-refractivity contribution in [2.75, 3.05) is 7.11 Å². The van der Waals surface area contributed by atoms with E-state index in [0.717, 1.165) is 16.7 Å². The van der Waals surface area contributed by atoms with Gasteiger partial charge in [0.25, 0.3) is 0 Å². The van der Waals surface area contributed by atoms with Crippen molar-refractivity contribution in [1.82, 2.24) is 0 Å². The quantitative estimate of drug-likeness (QED) is 0.912. The van der Waals surface area contributed by atoms with Crippen LogP contribution in [0.2, 0.25) is 5.02 Å². The second-order valence-corrected chi connectivity index (χ2v) is 4.93. The number of hydrogen-bond acceptors (Lipinski definition) is 2. The maximum atomic E-state index is 10.5. The summed E-state index contributed by atoms with van der Waals surface area (Å²) >= 11 is 6.10. The minimum absolute atomic E-state index is 0.403. The summed E-state index contributed by atoms with van der Waals surface area (Å²) in [6.07, 6.45) is -1.15. The SMILES string of the molecule is COC(c1ccccc1)C(O)c1ccc(C)c(Cl)c1. The third kappa shape index (κ3) is 3.16. The Morgan fingerprint density at radius 3 is 2.32 bits per heavy atom. The van der Waals surface area contributed by atoms with Gasteiger partial charge in [0.2, 0.25) is 0 Å². The lowest BCUT2D eigenvalue weighted by atomic mass is 9.97. The molecule has 0 heterocycles. The van der Waals surface area contributed by atoms with Crippen LogP contribution in [0.4, 0.5) is 0 Å². The summed E-state index contributed by atoms with van der Waals surface area (Å²) in [7, 11) is 1.59. The van der Waals surface area contributed by atoms with Gasteiger partial charge in [-0.3, -0.25) is 0 Å². The summed E-state index contributed by atoms with van der Waals surface area (Å²) in [6.45, 7) is 1.93.